The summed E-state index contributed by atoms with van der Waals surface area (Å²) in [4.78, 5) is 28.0. The SMILES string of the molecule is CCC(NC(=O)NC(C(=O)O)c1cccs1)c1nccs1. The number of carboxylic acid groups (broad SMARTS) is 1. The topological polar surface area (TPSA) is 91.3 Å². The molecule has 0 saturated heterocycles. The zero-order valence-electron chi connectivity index (χ0n) is 11.3. The second-order valence-corrected chi connectivity index (χ2v) is 6.14. The fourth-order valence-corrected chi connectivity index (χ4v) is 3.33. The smallest absolute Gasteiger partial charge is 0.331 e. The second kappa shape index (κ2) is 7.19. The number of rotatable bonds is 6. The zero-order chi connectivity index (χ0) is 15.2. The van der Waals surface area contributed by atoms with E-state index in [-0.39, 0.29) is 6.04 Å². The van der Waals surface area contributed by atoms with Crippen molar-refractivity contribution in [1.82, 2.24) is 15.6 Å². The molecule has 0 bridgehead atoms. The normalized spacial score (nSPS) is 13.4. The number of carbonyl (C=O) groups excluding carboxylic acids is 1. The molecule has 0 aliphatic heterocycles. The molecular weight excluding hydrogens is 310 g/mol. The second-order valence-electron chi connectivity index (χ2n) is 4.24. The van der Waals surface area contributed by atoms with Crippen LogP contribution in [0.15, 0.2) is 29.1 Å². The van der Waals surface area contributed by atoms with E-state index in [4.69, 9.17) is 0 Å². The van der Waals surface area contributed by atoms with Gasteiger partial charge in [0, 0.05) is 16.5 Å². The number of hydrogen-bond donors (Lipinski definition) is 3. The zero-order valence-corrected chi connectivity index (χ0v) is 12.9. The van der Waals surface area contributed by atoms with Gasteiger partial charge < -0.3 is 15.7 Å². The first kappa shape index (κ1) is 15.5. The Labute approximate surface area is 129 Å². The highest BCUT2D eigenvalue weighted by atomic mass is 32.1. The summed E-state index contributed by atoms with van der Waals surface area (Å²) in [6, 6.07) is 1.65. The van der Waals surface area contributed by atoms with Gasteiger partial charge in [0.2, 0.25) is 0 Å². The Morgan fingerprint density at radius 1 is 1.33 bits per heavy atom. The van der Waals surface area contributed by atoms with Gasteiger partial charge in [-0.2, -0.15) is 0 Å². The van der Waals surface area contributed by atoms with Crippen LogP contribution in [0.1, 0.15) is 35.3 Å². The molecule has 0 spiro atoms. The maximum absolute atomic E-state index is 12.0. The minimum absolute atomic E-state index is 0.220. The summed E-state index contributed by atoms with van der Waals surface area (Å²) in [5.74, 6) is -1.09. The van der Waals surface area contributed by atoms with E-state index >= 15 is 0 Å². The molecule has 21 heavy (non-hydrogen) atoms. The first-order valence-electron chi connectivity index (χ1n) is 6.34. The molecule has 0 radical (unpaired) electrons. The lowest BCUT2D eigenvalue weighted by molar-refractivity contribution is -0.139. The Hall–Kier alpha value is -1.93. The lowest BCUT2D eigenvalue weighted by Gasteiger charge is -2.18. The third-order valence-electron chi connectivity index (χ3n) is 2.81. The van der Waals surface area contributed by atoms with Crippen LogP contribution in [0.2, 0.25) is 0 Å². The predicted molar refractivity (Wildman–Crippen MR) is 81.5 cm³/mol. The van der Waals surface area contributed by atoms with E-state index in [0.29, 0.717) is 11.3 Å². The van der Waals surface area contributed by atoms with Crippen LogP contribution in [0.5, 0.6) is 0 Å². The molecule has 2 aromatic rings. The Kier molecular flexibility index (Phi) is 5.29. The number of hydrogen-bond acceptors (Lipinski definition) is 5. The maximum atomic E-state index is 12.0. The third kappa shape index (κ3) is 4.02. The van der Waals surface area contributed by atoms with Crippen molar-refractivity contribution in [3.05, 3.63) is 39.0 Å². The molecule has 0 aliphatic carbocycles. The van der Waals surface area contributed by atoms with Crippen molar-refractivity contribution >= 4 is 34.7 Å². The van der Waals surface area contributed by atoms with Crippen LogP contribution in [0.3, 0.4) is 0 Å². The molecule has 2 unspecified atom stereocenters. The van der Waals surface area contributed by atoms with Crippen LogP contribution in [0.25, 0.3) is 0 Å². The van der Waals surface area contributed by atoms with Crippen molar-refractivity contribution in [3.63, 3.8) is 0 Å². The number of carbonyl (C=O) groups is 2. The monoisotopic (exact) mass is 325 g/mol. The van der Waals surface area contributed by atoms with Gasteiger partial charge in [-0.05, 0) is 17.9 Å². The predicted octanol–water partition coefficient (Wildman–Crippen LogP) is 2.78. The Morgan fingerprint density at radius 3 is 2.67 bits per heavy atom. The number of thiophene rings is 1. The molecule has 2 heterocycles. The number of aliphatic carboxylic acids is 1. The minimum Gasteiger partial charge on any atom is -0.479 e. The number of nitrogens with zero attached hydrogens (tertiary/aromatic N) is 1. The summed E-state index contributed by atoms with van der Waals surface area (Å²) in [6.45, 7) is 1.93. The highest BCUT2D eigenvalue weighted by Crippen LogP contribution is 2.21. The lowest BCUT2D eigenvalue weighted by atomic mass is 10.2. The minimum atomic E-state index is -1.09. The molecule has 8 heteroatoms. The quantitative estimate of drug-likeness (QED) is 0.761. The van der Waals surface area contributed by atoms with Crippen LogP contribution in [-0.2, 0) is 4.79 Å². The first-order chi connectivity index (χ1) is 10.1. The Balaban J connectivity index is 2.01. The van der Waals surface area contributed by atoms with E-state index in [1.54, 1.807) is 23.7 Å². The Bertz CT molecular complexity index is 584. The van der Waals surface area contributed by atoms with Gasteiger partial charge in [0.25, 0.3) is 0 Å². The molecule has 0 aromatic carbocycles. The molecule has 0 fully saturated rings. The average Bonchev–Trinajstić information content (AvgIpc) is 3.14. The van der Waals surface area contributed by atoms with Crippen LogP contribution in [0, 0.1) is 0 Å². The van der Waals surface area contributed by atoms with Gasteiger partial charge >= 0.3 is 12.0 Å². The number of amides is 2. The average molecular weight is 325 g/mol. The van der Waals surface area contributed by atoms with Crippen LogP contribution in [-0.4, -0.2) is 22.1 Å². The van der Waals surface area contributed by atoms with Gasteiger partial charge in [0.15, 0.2) is 6.04 Å². The molecule has 2 atom stereocenters. The molecule has 2 aromatic heterocycles. The van der Waals surface area contributed by atoms with Crippen LogP contribution >= 0.6 is 22.7 Å². The van der Waals surface area contributed by atoms with E-state index < -0.39 is 18.0 Å². The molecule has 3 N–H and O–H groups in total. The molecule has 2 rings (SSSR count). The number of aromatic nitrogens is 1. The van der Waals surface area contributed by atoms with Crippen molar-refractivity contribution in [2.75, 3.05) is 0 Å². The lowest BCUT2D eigenvalue weighted by Crippen LogP contribution is -2.42. The van der Waals surface area contributed by atoms with Gasteiger partial charge in [0.05, 0.1) is 6.04 Å². The summed E-state index contributed by atoms with van der Waals surface area (Å²) in [7, 11) is 0. The largest absolute Gasteiger partial charge is 0.479 e. The molecule has 0 aliphatic rings. The summed E-state index contributed by atoms with van der Waals surface area (Å²) < 4.78 is 0. The first-order valence-corrected chi connectivity index (χ1v) is 8.10. The van der Waals surface area contributed by atoms with E-state index in [1.807, 2.05) is 12.3 Å². The summed E-state index contributed by atoms with van der Waals surface area (Å²) in [5.41, 5.74) is 0. The Morgan fingerprint density at radius 2 is 2.14 bits per heavy atom. The van der Waals surface area contributed by atoms with Crippen molar-refractivity contribution in [3.8, 4) is 0 Å². The van der Waals surface area contributed by atoms with Gasteiger partial charge in [-0.3, -0.25) is 0 Å². The van der Waals surface area contributed by atoms with Gasteiger partial charge in [-0.15, -0.1) is 22.7 Å². The molecule has 6 nitrogen and oxygen atoms in total. The van der Waals surface area contributed by atoms with Crippen molar-refractivity contribution in [1.29, 1.82) is 0 Å². The van der Waals surface area contributed by atoms with Crippen molar-refractivity contribution in [2.45, 2.75) is 25.4 Å². The van der Waals surface area contributed by atoms with E-state index in [2.05, 4.69) is 15.6 Å². The number of thiazole rings is 1. The summed E-state index contributed by atoms with van der Waals surface area (Å²) in [5, 5.41) is 18.9. The highest BCUT2D eigenvalue weighted by molar-refractivity contribution is 7.10. The fraction of sp³-hybridized carbons (Fsp3) is 0.308. The van der Waals surface area contributed by atoms with Crippen molar-refractivity contribution in [2.24, 2.45) is 0 Å². The maximum Gasteiger partial charge on any atom is 0.331 e. The molecule has 112 valence electrons. The van der Waals surface area contributed by atoms with Gasteiger partial charge in [-0.1, -0.05) is 13.0 Å². The fourth-order valence-electron chi connectivity index (χ4n) is 1.79. The number of carboxylic acids is 1. The van der Waals surface area contributed by atoms with E-state index in [1.165, 1.54) is 22.7 Å². The summed E-state index contributed by atoms with van der Waals surface area (Å²) in [6.07, 6.45) is 2.35. The van der Waals surface area contributed by atoms with E-state index in [0.717, 1.165) is 5.01 Å². The van der Waals surface area contributed by atoms with E-state index in [9.17, 15) is 14.7 Å². The van der Waals surface area contributed by atoms with Crippen molar-refractivity contribution < 1.29 is 14.7 Å². The molecular formula is C13H15N3O3S2. The van der Waals surface area contributed by atoms with Gasteiger partial charge in [-0.25, -0.2) is 14.6 Å². The third-order valence-corrected chi connectivity index (χ3v) is 4.64. The van der Waals surface area contributed by atoms with Crippen LogP contribution < -0.4 is 10.6 Å². The van der Waals surface area contributed by atoms with Gasteiger partial charge in [0.1, 0.15) is 5.01 Å². The summed E-state index contributed by atoms with van der Waals surface area (Å²) >= 11 is 2.74. The number of nitrogens with one attached hydrogen (secondary N) is 2. The standard InChI is InChI=1S/C13H15N3O3S2/c1-2-8(11-14-5-7-21-11)15-13(19)16-10(12(17)18)9-4-3-6-20-9/h3-8,10H,2H2,1H3,(H,17,18)(H2,15,16,19). The number of urea groups is 1. The molecule has 2 amide bonds. The molecule has 0 saturated carbocycles. The highest BCUT2D eigenvalue weighted by Gasteiger charge is 2.24. The van der Waals surface area contributed by atoms with Crippen LogP contribution in [0.4, 0.5) is 4.79 Å².